The second-order valence-corrected chi connectivity index (χ2v) is 7.86. The third-order valence-corrected chi connectivity index (χ3v) is 4.57. The van der Waals surface area contributed by atoms with Gasteiger partial charge in [-0.05, 0) is 16.7 Å². The monoisotopic (exact) mass is 419 g/mol. The molecule has 0 heterocycles. The Kier molecular flexibility index (Phi) is 8.15. The van der Waals surface area contributed by atoms with Gasteiger partial charge in [-0.2, -0.15) is 0 Å². The zero-order valence-electron chi connectivity index (χ0n) is 15.6. The molecule has 0 bridgehead atoms. The van der Waals surface area contributed by atoms with E-state index < -0.39 is 31.9 Å². The molecule has 154 valence electrons. The van der Waals surface area contributed by atoms with E-state index in [1.165, 1.54) is 0 Å². The summed E-state index contributed by atoms with van der Waals surface area (Å²) in [5.74, 6) is -0.899. The molecule has 0 aliphatic heterocycles. The van der Waals surface area contributed by atoms with Crippen LogP contribution in [-0.4, -0.2) is 34.1 Å². The van der Waals surface area contributed by atoms with Crippen LogP contribution >= 0.6 is 7.60 Å². The number of carbonyl (C=O) groups excluding carboxylic acids is 2. The summed E-state index contributed by atoms with van der Waals surface area (Å²) in [6, 6.07) is 16.3. The predicted octanol–water partition coefficient (Wildman–Crippen LogP) is 2.76. The van der Waals surface area contributed by atoms with Crippen LogP contribution in [0.1, 0.15) is 11.1 Å². The molecule has 0 aliphatic carbocycles. The molecule has 2 aromatic carbocycles. The highest BCUT2D eigenvalue weighted by Crippen LogP contribution is 2.37. The van der Waals surface area contributed by atoms with Gasteiger partial charge in [0.1, 0.15) is 13.2 Å². The molecule has 0 aliphatic rings. The summed E-state index contributed by atoms with van der Waals surface area (Å²) in [6.45, 7) is 3.42. The van der Waals surface area contributed by atoms with E-state index in [1.54, 1.807) is 54.6 Å². The molecule has 0 radical (unpaired) electrons. The van der Waals surface area contributed by atoms with Crippen LogP contribution in [0.3, 0.4) is 0 Å². The van der Waals surface area contributed by atoms with Crippen molar-refractivity contribution >= 4 is 19.7 Å². The van der Waals surface area contributed by atoms with E-state index in [2.05, 4.69) is 11.9 Å². The maximum atomic E-state index is 12.4. The van der Waals surface area contributed by atoms with Gasteiger partial charge in [-0.3, -0.25) is 4.57 Å². The summed E-state index contributed by atoms with van der Waals surface area (Å²) < 4.78 is 21.5. The molecule has 0 spiro atoms. The Hall–Kier alpha value is -2.93. The summed E-state index contributed by atoms with van der Waals surface area (Å²) in [6.07, 6.45) is -1.72. The van der Waals surface area contributed by atoms with Crippen molar-refractivity contribution in [1.82, 2.24) is 5.32 Å². The minimum Gasteiger partial charge on any atom is -0.459 e. The Balaban J connectivity index is 2.01. The van der Waals surface area contributed by atoms with Crippen LogP contribution in [0.25, 0.3) is 0 Å². The second kappa shape index (κ2) is 10.6. The Morgan fingerprint density at radius 1 is 0.931 bits per heavy atom. The van der Waals surface area contributed by atoms with Gasteiger partial charge >= 0.3 is 19.7 Å². The zero-order valence-corrected chi connectivity index (χ0v) is 16.5. The van der Waals surface area contributed by atoms with Gasteiger partial charge in [-0.15, -0.1) is 0 Å². The van der Waals surface area contributed by atoms with Crippen LogP contribution in [0, 0.1) is 0 Å². The van der Waals surface area contributed by atoms with Gasteiger partial charge in [-0.25, -0.2) is 9.59 Å². The normalized spacial score (nSPS) is 11.9. The lowest BCUT2D eigenvalue weighted by atomic mass is 10.1. The van der Waals surface area contributed by atoms with Gasteiger partial charge < -0.3 is 24.6 Å². The van der Waals surface area contributed by atoms with E-state index in [-0.39, 0.29) is 18.8 Å². The van der Waals surface area contributed by atoms with Crippen molar-refractivity contribution in [3.8, 4) is 0 Å². The number of amides is 1. The number of alkyl carbamates (subject to hydrolysis) is 1. The van der Waals surface area contributed by atoms with E-state index in [0.717, 1.165) is 5.56 Å². The van der Waals surface area contributed by atoms with Gasteiger partial charge in [0.15, 0.2) is 6.04 Å². The molecular formula is C20H22NO7P. The summed E-state index contributed by atoms with van der Waals surface area (Å²) in [7, 11) is -4.50. The number of carbonyl (C=O) groups is 2. The van der Waals surface area contributed by atoms with E-state index >= 15 is 0 Å². The fraction of sp³-hybridized carbons (Fsp3) is 0.200. The predicted molar refractivity (Wildman–Crippen MR) is 106 cm³/mol. The van der Waals surface area contributed by atoms with Crippen LogP contribution in [0.5, 0.6) is 0 Å². The first kappa shape index (κ1) is 22.4. The summed E-state index contributed by atoms with van der Waals surface area (Å²) >= 11 is 0. The minimum absolute atomic E-state index is 0.0383. The fourth-order valence-corrected chi connectivity index (χ4v) is 3.09. The van der Waals surface area contributed by atoms with E-state index in [4.69, 9.17) is 19.3 Å². The summed E-state index contributed by atoms with van der Waals surface area (Å²) in [5, 5.41) is 2.27. The molecule has 1 amide bonds. The number of ether oxygens (including phenoxy) is 2. The van der Waals surface area contributed by atoms with Gasteiger partial charge in [0.2, 0.25) is 0 Å². The summed E-state index contributed by atoms with van der Waals surface area (Å²) in [4.78, 5) is 42.9. The zero-order chi connectivity index (χ0) is 21.3. The van der Waals surface area contributed by atoms with Crippen molar-refractivity contribution in [2.75, 3.05) is 6.16 Å². The Bertz CT molecular complexity index is 880. The third kappa shape index (κ3) is 8.31. The fourth-order valence-electron chi connectivity index (χ4n) is 2.38. The van der Waals surface area contributed by atoms with Crippen molar-refractivity contribution < 1.29 is 33.4 Å². The lowest BCUT2D eigenvalue weighted by Crippen LogP contribution is -2.43. The Morgan fingerprint density at radius 3 is 1.90 bits per heavy atom. The average molecular weight is 419 g/mol. The van der Waals surface area contributed by atoms with Crippen LogP contribution < -0.4 is 5.32 Å². The smallest absolute Gasteiger partial charge is 0.408 e. The molecule has 8 nitrogen and oxygen atoms in total. The quantitative estimate of drug-likeness (QED) is 0.325. The Morgan fingerprint density at radius 2 is 1.41 bits per heavy atom. The van der Waals surface area contributed by atoms with E-state index in [0.29, 0.717) is 5.56 Å². The molecule has 0 aromatic heterocycles. The van der Waals surface area contributed by atoms with Gasteiger partial charge in [0, 0.05) is 0 Å². The molecule has 0 unspecified atom stereocenters. The van der Waals surface area contributed by atoms with Crippen LogP contribution in [-0.2, 0) is 32.0 Å². The van der Waals surface area contributed by atoms with Gasteiger partial charge in [0.25, 0.3) is 0 Å². The highest BCUT2D eigenvalue weighted by molar-refractivity contribution is 7.52. The molecule has 2 rings (SSSR count). The largest absolute Gasteiger partial charge is 0.459 e. The second-order valence-electron chi connectivity index (χ2n) is 6.21. The number of esters is 1. The first-order valence-electron chi connectivity index (χ1n) is 8.64. The number of benzene rings is 2. The molecule has 2 aromatic rings. The van der Waals surface area contributed by atoms with E-state index in [1.807, 2.05) is 6.07 Å². The SMILES string of the molecule is C=C(CP(=O)(O)O)[C@H](NC(=O)OCc1ccccc1)C(=O)OCc1ccccc1. The van der Waals surface area contributed by atoms with Crippen molar-refractivity contribution in [3.63, 3.8) is 0 Å². The topological polar surface area (TPSA) is 122 Å². The number of hydrogen-bond donors (Lipinski definition) is 3. The molecule has 0 fully saturated rings. The first-order chi connectivity index (χ1) is 13.7. The molecule has 9 heteroatoms. The van der Waals surface area contributed by atoms with Gasteiger partial charge in [-0.1, -0.05) is 67.2 Å². The third-order valence-electron chi connectivity index (χ3n) is 3.75. The standard InChI is InChI=1S/C20H22NO7P/c1-15(14-29(24,25)26)18(19(22)27-12-16-8-4-2-5-9-16)21-20(23)28-13-17-10-6-3-7-11-17/h2-11,18H,1,12-14H2,(H,21,23)(H2,24,25,26)/t18-/m0/s1. The molecule has 0 saturated heterocycles. The van der Waals surface area contributed by atoms with E-state index in [9.17, 15) is 14.2 Å². The Labute approximate surface area is 168 Å². The lowest BCUT2D eigenvalue weighted by Gasteiger charge is -2.20. The van der Waals surface area contributed by atoms with Crippen LogP contribution in [0.15, 0.2) is 72.8 Å². The number of nitrogens with one attached hydrogen (secondary N) is 1. The molecule has 29 heavy (non-hydrogen) atoms. The maximum absolute atomic E-state index is 12.4. The van der Waals surface area contributed by atoms with Crippen molar-refractivity contribution in [2.24, 2.45) is 0 Å². The highest BCUT2D eigenvalue weighted by Gasteiger charge is 2.30. The molecule has 3 N–H and O–H groups in total. The molecular weight excluding hydrogens is 397 g/mol. The highest BCUT2D eigenvalue weighted by atomic mass is 31.2. The number of rotatable bonds is 9. The average Bonchev–Trinajstić information content (AvgIpc) is 2.69. The van der Waals surface area contributed by atoms with Crippen molar-refractivity contribution in [2.45, 2.75) is 19.3 Å². The van der Waals surface area contributed by atoms with Crippen LogP contribution in [0.4, 0.5) is 4.79 Å². The minimum atomic E-state index is -4.50. The summed E-state index contributed by atoms with van der Waals surface area (Å²) in [5.41, 5.74) is 1.26. The lowest BCUT2D eigenvalue weighted by molar-refractivity contribution is -0.146. The number of hydrogen-bond acceptors (Lipinski definition) is 5. The van der Waals surface area contributed by atoms with Crippen molar-refractivity contribution in [3.05, 3.63) is 83.9 Å². The first-order valence-corrected chi connectivity index (χ1v) is 10.4. The van der Waals surface area contributed by atoms with Gasteiger partial charge in [0.05, 0.1) is 6.16 Å². The van der Waals surface area contributed by atoms with Crippen LogP contribution in [0.2, 0.25) is 0 Å². The molecule has 1 atom stereocenters. The molecule has 0 saturated carbocycles. The van der Waals surface area contributed by atoms with Crippen molar-refractivity contribution in [1.29, 1.82) is 0 Å². The maximum Gasteiger partial charge on any atom is 0.408 e.